The third-order valence-electron chi connectivity index (χ3n) is 8.81. The van der Waals surface area contributed by atoms with Crippen molar-refractivity contribution in [3.8, 4) is 5.75 Å². The summed E-state index contributed by atoms with van der Waals surface area (Å²) in [7, 11) is 0. The second kappa shape index (κ2) is 11.5. The van der Waals surface area contributed by atoms with Crippen molar-refractivity contribution in [3.63, 3.8) is 0 Å². The van der Waals surface area contributed by atoms with E-state index in [9.17, 15) is 4.79 Å². The lowest BCUT2D eigenvalue weighted by atomic mass is 9.85. The highest BCUT2D eigenvalue weighted by molar-refractivity contribution is 6.02. The molecule has 0 spiro atoms. The van der Waals surface area contributed by atoms with E-state index in [2.05, 4.69) is 103 Å². The molecule has 40 heavy (non-hydrogen) atoms. The molecule has 0 aromatic heterocycles. The smallest absolute Gasteiger partial charge is 0.166 e. The number of aryl methyl sites for hydroxylation is 1. The van der Waals surface area contributed by atoms with Crippen LogP contribution in [0.2, 0.25) is 0 Å². The molecule has 1 atom stereocenters. The minimum Gasteiger partial charge on any atom is -0.463 e. The molecule has 3 aromatic carbocycles. The predicted molar refractivity (Wildman–Crippen MR) is 164 cm³/mol. The van der Waals surface area contributed by atoms with E-state index in [4.69, 9.17) is 4.74 Å². The van der Waals surface area contributed by atoms with E-state index >= 15 is 0 Å². The van der Waals surface area contributed by atoms with E-state index in [1.165, 1.54) is 29.7 Å². The van der Waals surface area contributed by atoms with Gasteiger partial charge in [0.05, 0.1) is 5.70 Å². The van der Waals surface area contributed by atoms with Gasteiger partial charge in [-0.05, 0) is 112 Å². The molecule has 0 amide bonds. The maximum atomic E-state index is 13.4. The van der Waals surface area contributed by atoms with Gasteiger partial charge in [0.25, 0.3) is 0 Å². The highest BCUT2D eigenvalue weighted by Crippen LogP contribution is 2.38. The van der Waals surface area contributed by atoms with Crippen LogP contribution >= 0.6 is 0 Å². The van der Waals surface area contributed by atoms with E-state index < -0.39 is 0 Å². The van der Waals surface area contributed by atoms with Crippen LogP contribution in [0.5, 0.6) is 5.75 Å². The summed E-state index contributed by atoms with van der Waals surface area (Å²) in [5.41, 5.74) is 7.87. The molecular weight excluding hydrogens is 492 g/mol. The summed E-state index contributed by atoms with van der Waals surface area (Å²) in [6.45, 7) is 9.70. The molecular formula is C36H40N2O2. The Labute approximate surface area is 239 Å². The van der Waals surface area contributed by atoms with Gasteiger partial charge in [0.2, 0.25) is 0 Å². The Morgan fingerprint density at radius 2 is 1.73 bits per heavy atom. The molecule has 4 nitrogen and oxygen atoms in total. The van der Waals surface area contributed by atoms with E-state index in [0.717, 1.165) is 60.6 Å². The van der Waals surface area contributed by atoms with Crippen LogP contribution in [-0.2, 0) is 13.0 Å². The number of Topliss-reactive ketones (excluding diaryl/α,β-unsaturated/α-hetero) is 1. The highest BCUT2D eigenvalue weighted by atomic mass is 16.5. The van der Waals surface area contributed by atoms with Crippen molar-refractivity contribution in [1.82, 2.24) is 4.90 Å². The van der Waals surface area contributed by atoms with E-state index in [-0.39, 0.29) is 5.92 Å². The van der Waals surface area contributed by atoms with Crippen LogP contribution in [0.1, 0.15) is 65.7 Å². The number of hydrogen-bond donors (Lipinski definition) is 0. The Morgan fingerprint density at radius 1 is 0.975 bits per heavy atom. The Hall–Kier alpha value is -3.63. The number of para-hydroxylation sites is 1. The zero-order valence-electron chi connectivity index (χ0n) is 24.0. The summed E-state index contributed by atoms with van der Waals surface area (Å²) in [5, 5.41) is 0. The molecule has 0 saturated carbocycles. The molecule has 3 aliphatic rings. The van der Waals surface area contributed by atoms with Crippen molar-refractivity contribution in [2.75, 3.05) is 18.0 Å². The van der Waals surface area contributed by atoms with Gasteiger partial charge in [-0.1, -0.05) is 54.6 Å². The number of carbonyl (C=O) groups is 1. The van der Waals surface area contributed by atoms with Gasteiger partial charge in [0.1, 0.15) is 12.0 Å². The number of anilines is 1. The molecule has 3 aromatic rings. The van der Waals surface area contributed by atoms with Crippen LogP contribution in [0.15, 0.2) is 84.8 Å². The molecule has 2 heterocycles. The monoisotopic (exact) mass is 532 g/mol. The Morgan fingerprint density at radius 3 is 2.50 bits per heavy atom. The zero-order valence-corrected chi connectivity index (χ0v) is 24.0. The first-order valence-corrected chi connectivity index (χ1v) is 14.8. The number of fused-ring (bicyclic) bond motifs is 2. The van der Waals surface area contributed by atoms with Gasteiger partial charge in [0, 0.05) is 29.8 Å². The number of carbonyl (C=O) groups excluding carboxylic acids is 1. The van der Waals surface area contributed by atoms with Gasteiger partial charge in [-0.2, -0.15) is 0 Å². The molecule has 0 radical (unpaired) electrons. The number of benzene rings is 3. The molecule has 1 unspecified atom stereocenters. The lowest BCUT2D eigenvalue weighted by molar-refractivity contribution is 0.0895. The SMILES string of the molecule is Cc1cc2c(cc1O/C=C1/C=Cc3ccccc3N1C(C)C)CC(CC1CCN(Cc3ccccc3)CC1)C2=O. The van der Waals surface area contributed by atoms with E-state index in [1.807, 2.05) is 13.2 Å². The maximum absolute atomic E-state index is 13.4. The van der Waals surface area contributed by atoms with Crippen LogP contribution < -0.4 is 9.64 Å². The summed E-state index contributed by atoms with van der Waals surface area (Å²) in [6, 6.07) is 23.7. The lowest BCUT2D eigenvalue weighted by Gasteiger charge is -2.33. The first kappa shape index (κ1) is 26.6. The number of piperidine rings is 1. The Bertz CT molecular complexity index is 1430. The number of ketones is 1. The molecule has 1 fully saturated rings. The Kier molecular flexibility index (Phi) is 7.62. The molecule has 0 N–H and O–H groups in total. The molecule has 6 rings (SSSR count). The fourth-order valence-electron chi connectivity index (χ4n) is 6.69. The van der Waals surface area contributed by atoms with Gasteiger partial charge in [-0.15, -0.1) is 0 Å². The highest BCUT2D eigenvalue weighted by Gasteiger charge is 2.34. The van der Waals surface area contributed by atoms with Crippen LogP contribution in [0.25, 0.3) is 6.08 Å². The van der Waals surface area contributed by atoms with Gasteiger partial charge >= 0.3 is 0 Å². The second-order valence-electron chi connectivity index (χ2n) is 12.0. The minimum atomic E-state index is 0.0999. The van der Waals surface area contributed by atoms with Crippen molar-refractivity contribution in [1.29, 1.82) is 0 Å². The first-order chi connectivity index (χ1) is 19.5. The zero-order chi connectivity index (χ0) is 27.6. The molecule has 0 bridgehead atoms. The molecule has 4 heteroatoms. The summed E-state index contributed by atoms with van der Waals surface area (Å²) >= 11 is 0. The van der Waals surface area contributed by atoms with Gasteiger partial charge in [-0.25, -0.2) is 0 Å². The molecule has 206 valence electrons. The standard InChI is InChI=1S/C36H40N2O2/c1-25(2)38-32(14-13-29-11-7-8-12-34(29)38)24-40-35-22-30-21-31(36(39)33(30)19-26(35)3)20-27-15-17-37(18-16-27)23-28-9-5-4-6-10-28/h4-14,19,22,24-25,27,31H,15-18,20-21,23H2,1-3H3/b32-24-. The number of hydrogen-bond acceptors (Lipinski definition) is 4. The largest absolute Gasteiger partial charge is 0.463 e. The first-order valence-electron chi connectivity index (χ1n) is 14.8. The quantitative estimate of drug-likeness (QED) is 0.291. The fraction of sp³-hybridized carbons (Fsp3) is 0.361. The fourth-order valence-corrected chi connectivity index (χ4v) is 6.69. The minimum absolute atomic E-state index is 0.0999. The molecule has 2 aliphatic heterocycles. The molecule has 1 aliphatic carbocycles. The van der Waals surface area contributed by atoms with Crippen LogP contribution in [-0.4, -0.2) is 29.8 Å². The van der Waals surface area contributed by atoms with Gasteiger partial charge < -0.3 is 9.64 Å². The van der Waals surface area contributed by atoms with Crippen LogP contribution in [0.4, 0.5) is 5.69 Å². The van der Waals surface area contributed by atoms with E-state index in [0.29, 0.717) is 17.7 Å². The van der Waals surface area contributed by atoms with Crippen molar-refractivity contribution in [2.24, 2.45) is 11.8 Å². The summed E-state index contributed by atoms with van der Waals surface area (Å²) in [6.07, 6.45) is 10.3. The third-order valence-corrected chi connectivity index (χ3v) is 8.81. The summed E-state index contributed by atoms with van der Waals surface area (Å²) in [5.74, 6) is 1.89. The normalized spacial score (nSPS) is 20.3. The predicted octanol–water partition coefficient (Wildman–Crippen LogP) is 7.81. The second-order valence-corrected chi connectivity index (χ2v) is 12.0. The number of ether oxygens (including phenoxy) is 1. The number of nitrogens with zero attached hydrogens (tertiary/aromatic N) is 2. The van der Waals surface area contributed by atoms with Crippen molar-refractivity contribution in [2.45, 2.75) is 59.0 Å². The number of likely N-dealkylation sites (tertiary alicyclic amines) is 1. The van der Waals surface area contributed by atoms with Crippen molar-refractivity contribution < 1.29 is 9.53 Å². The Balaban J connectivity index is 1.10. The van der Waals surface area contributed by atoms with Gasteiger partial charge in [-0.3, -0.25) is 9.69 Å². The van der Waals surface area contributed by atoms with Crippen molar-refractivity contribution in [3.05, 3.63) is 113 Å². The topological polar surface area (TPSA) is 32.8 Å². The summed E-state index contributed by atoms with van der Waals surface area (Å²) in [4.78, 5) is 18.3. The third kappa shape index (κ3) is 5.51. The number of allylic oxidation sites excluding steroid dienone is 1. The number of rotatable bonds is 7. The lowest BCUT2D eigenvalue weighted by Crippen LogP contribution is -2.34. The summed E-state index contributed by atoms with van der Waals surface area (Å²) < 4.78 is 6.31. The molecule has 1 saturated heterocycles. The van der Waals surface area contributed by atoms with Crippen LogP contribution in [0, 0.1) is 18.8 Å². The maximum Gasteiger partial charge on any atom is 0.166 e. The average molecular weight is 533 g/mol. The average Bonchev–Trinajstić information content (AvgIpc) is 3.26. The van der Waals surface area contributed by atoms with E-state index in [1.54, 1.807) is 0 Å². The van der Waals surface area contributed by atoms with Crippen molar-refractivity contribution >= 4 is 17.5 Å². The van der Waals surface area contributed by atoms with Gasteiger partial charge in [0.15, 0.2) is 5.78 Å². The van der Waals surface area contributed by atoms with Crippen LogP contribution in [0.3, 0.4) is 0 Å².